The van der Waals surface area contributed by atoms with E-state index in [1.54, 1.807) is 23.1 Å². The Labute approximate surface area is 154 Å². The number of hydrogen-bond acceptors (Lipinski definition) is 5. The van der Waals surface area contributed by atoms with Gasteiger partial charge in [0, 0.05) is 26.2 Å². The van der Waals surface area contributed by atoms with Gasteiger partial charge >= 0.3 is 0 Å². The van der Waals surface area contributed by atoms with Gasteiger partial charge in [0.15, 0.2) is 5.76 Å². The van der Waals surface area contributed by atoms with Crippen LogP contribution in [0.1, 0.15) is 10.6 Å². The molecule has 2 aromatic rings. The van der Waals surface area contributed by atoms with Gasteiger partial charge in [0.1, 0.15) is 5.75 Å². The van der Waals surface area contributed by atoms with Crippen LogP contribution in [0.4, 0.5) is 0 Å². The predicted molar refractivity (Wildman–Crippen MR) is 94.1 cm³/mol. The largest absolute Gasteiger partial charge is 0.496 e. The molecule has 9 heteroatoms. The second-order valence-electron chi connectivity index (χ2n) is 5.47. The Morgan fingerprint density at radius 2 is 1.92 bits per heavy atom. The van der Waals surface area contributed by atoms with Gasteiger partial charge in [-0.05, 0) is 46.3 Å². The van der Waals surface area contributed by atoms with Crippen LogP contribution in [0.5, 0.6) is 5.75 Å². The molecule has 0 saturated carbocycles. The summed E-state index contributed by atoms with van der Waals surface area (Å²) in [6.45, 7) is 1.10. The first-order valence-electron chi connectivity index (χ1n) is 7.60. The highest BCUT2D eigenvalue weighted by atomic mass is 79.9. The Hall–Kier alpha value is -1.84. The molecule has 1 aliphatic heterocycles. The monoisotopic (exact) mass is 428 g/mol. The third-order valence-electron chi connectivity index (χ3n) is 4.02. The number of sulfonamides is 1. The molecule has 1 aromatic heterocycles. The van der Waals surface area contributed by atoms with E-state index in [2.05, 4.69) is 15.9 Å². The van der Waals surface area contributed by atoms with Crippen molar-refractivity contribution >= 4 is 31.9 Å². The van der Waals surface area contributed by atoms with Crippen LogP contribution in [0.3, 0.4) is 0 Å². The van der Waals surface area contributed by atoms with Crippen molar-refractivity contribution in [1.29, 1.82) is 0 Å². The van der Waals surface area contributed by atoms with Gasteiger partial charge in [-0.1, -0.05) is 0 Å². The van der Waals surface area contributed by atoms with Gasteiger partial charge in [-0.3, -0.25) is 4.79 Å². The predicted octanol–water partition coefficient (Wildman–Crippen LogP) is 2.20. The number of furan rings is 1. The molecule has 0 unspecified atom stereocenters. The van der Waals surface area contributed by atoms with Gasteiger partial charge in [-0.2, -0.15) is 4.31 Å². The molecule has 0 bridgehead atoms. The SMILES string of the molecule is COc1ccc(S(=O)(=O)N2CCN(C(=O)c3ccco3)CC2)cc1Br. The number of ether oxygens (including phenoxy) is 1. The molecule has 0 radical (unpaired) electrons. The zero-order chi connectivity index (χ0) is 18.0. The third-order valence-corrected chi connectivity index (χ3v) is 6.53. The summed E-state index contributed by atoms with van der Waals surface area (Å²) >= 11 is 3.30. The molecule has 1 aromatic carbocycles. The Morgan fingerprint density at radius 3 is 2.48 bits per heavy atom. The Bertz CT molecular complexity index is 859. The summed E-state index contributed by atoms with van der Waals surface area (Å²) in [5.74, 6) is 0.595. The van der Waals surface area contributed by atoms with Crippen LogP contribution in [0.2, 0.25) is 0 Å². The van der Waals surface area contributed by atoms with E-state index in [0.29, 0.717) is 23.3 Å². The fraction of sp³-hybridized carbons (Fsp3) is 0.312. The van der Waals surface area contributed by atoms with Crippen LogP contribution in [0, 0.1) is 0 Å². The van der Waals surface area contributed by atoms with Crippen molar-refractivity contribution in [3.8, 4) is 5.75 Å². The number of piperazine rings is 1. The number of amides is 1. The van der Waals surface area contributed by atoms with Crippen molar-refractivity contribution in [3.63, 3.8) is 0 Å². The van der Waals surface area contributed by atoms with Crippen molar-refractivity contribution in [3.05, 3.63) is 46.8 Å². The van der Waals surface area contributed by atoms with Crippen molar-refractivity contribution in [2.45, 2.75) is 4.90 Å². The molecule has 1 amide bonds. The van der Waals surface area contributed by atoms with E-state index >= 15 is 0 Å². The summed E-state index contributed by atoms with van der Waals surface area (Å²) in [4.78, 5) is 14.0. The molecule has 134 valence electrons. The molecule has 3 rings (SSSR count). The summed E-state index contributed by atoms with van der Waals surface area (Å²) in [6.07, 6.45) is 1.44. The molecule has 1 saturated heterocycles. The van der Waals surface area contributed by atoms with E-state index in [0.717, 1.165) is 0 Å². The fourth-order valence-electron chi connectivity index (χ4n) is 2.64. The second kappa shape index (κ2) is 7.19. The van der Waals surface area contributed by atoms with Gasteiger partial charge in [0.25, 0.3) is 5.91 Å². The zero-order valence-electron chi connectivity index (χ0n) is 13.5. The number of hydrogen-bond donors (Lipinski definition) is 0. The molecular formula is C16H17BrN2O5S. The van der Waals surface area contributed by atoms with Crippen LogP contribution in [-0.2, 0) is 10.0 Å². The molecule has 25 heavy (non-hydrogen) atoms. The summed E-state index contributed by atoms with van der Waals surface area (Å²) in [7, 11) is -2.11. The molecule has 1 fully saturated rings. The van der Waals surface area contributed by atoms with Crippen molar-refractivity contribution in [1.82, 2.24) is 9.21 Å². The first-order valence-corrected chi connectivity index (χ1v) is 9.83. The van der Waals surface area contributed by atoms with Crippen LogP contribution in [-0.4, -0.2) is 56.8 Å². The maximum Gasteiger partial charge on any atom is 0.289 e. The standard InChI is InChI=1S/C16H17BrN2O5S/c1-23-14-5-4-12(11-13(14)17)25(21,22)19-8-6-18(7-9-19)16(20)15-3-2-10-24-15/h2-5,10-11H,6-9H2,1H3. The molecule has 2 heterocycles. The lowest BCUT2D eigenvalue weighted by atomic mass is 10.3. The molecule has 0 spiro atoms. The highest BCUT2D eigenvalue weighted by Gasteiger charge is 2.31. The number of benzene rings is 1. The fourth-order valence-corrected chi connectivity index (χ4v) is 4.79. The van der Waals surface area contributed by atoms with Crippen LogP contribution in [0.15, 0.2) is 50.4 Å². The summed E-state index contributed by atoms with van der Waals surface area (Å²) in [6, 6.07) is 7.89. The van der Waals surface area contributed by atoms with E-state index in [-0.39, 0.29) is 29.7 Å². The maximum absolute atomic E-state index is 12.8. The van der Waals surface area contributed by atoms with E-state index in [1.165, 1.54) is 29.8 Å². The van der Waals surface area contributed by atoms with Gasteiger partial charge in [-0.25, -0.2) is 8.42 Å². The van der Waals surface area contributed by atoms with Gasteiger partial charge in [0.05, 0.1) is 22.7 Å². The minimum absolute atomic E-state index is 0.186. The van der Waals surface area contributed by atoms with Crippen molar-refractivity contribution in [2.75, 3.05) is 33.3 Å². The number of halogens is 1. The number of methoxy groups -OCH3 is 1. The van der Waals surface area contributed by atoms with Gasteiger partial charge in [0.2, 0.25) is 10.0 Å². The Kier molecular flexibility index (Phi) is 5.16. The molecular weight excluding hydrogens is 412 g/mol. The summed E-state index contributed by atoms with van der Waals surface area (Å²) in [5, 5.41) is 0. The smallest absolute Gasteiger partial charge is 0.289 e. The normalized spacial score (nSPS) is 16.0. The second-order valence-corrected chi connectivity index (χ2v) is 8.26. The molecule has 1 aliphatic rings. The molecule has 0 aliphatic carbocycles. The number of carbonyl (C=O) groups excluding carboxylic acids is 1. The summed E-state index contributed by atoms with van der Waals surface area (Å²) < 4.78 is 37.8. The van der Waals surface area contributed by atoms with Crippen LogP contribution in [0.25, 0.3) is 0 Å². The first-order chi connectivity index (χ1) is 11.9. The van der Waals surface area contributed by atoms with Gasteiger partial charge in [-0.15, -0.1) is 0 Å². The quantitative estimate of drug-likeness (QED) is 0.745. The van der Waals surface area contributed by atoms with Crippen molar-refractivity contribution in [2.24, 2.45) is 0 Å². The minimum atomic E-state index is -3.63. The van der Waals surface area contributed by atoms with E-state index in [1.807, 2.05) is 0 Å². The average molecular weight is 429 g/mol. The lowest BCUT2D eigenvalue weighted by molar-refractivity contribution is 0.0666. The highest BCUT2D eigenvalue weighted by Crippen LogP contribution is 2.29. The van der Waals surface area contributed by atoms with E-state index in [4.69, 9.17) is 9.15 Å². The highest BCUT2D eigenvalue weighted by molar-refractivity contribution is 9.10. The number of carbonyl (C=O) groups is 1. The molecule has 0 N–H and O–H groups in total. The average Bonchev–Trinajstić information content (AvgIpc) is 3.15. The first kappa shape index (κ1) is 18.0. The summed E-state index contributed by atoms with van der Waals surface area (Å²) in [5.41, 5.74) is 0. The van der Waals surface area contributed by atoms with Gasteiger partial charge < -0.3 is 14.1 Å². The topological polar surface area (TPSA) is 80.1 Å². The minimum Gasteiger partial charge on any atom is -0.496 e. The van der Waals surface area contributed by atoms with Crippen molar-refractivity contribution < 1.29 is 22.4 Å². The lowest BCUT2D eigenvalue weighted by Crippen LogP contribution is -2.50. The number of rotatable bonds is 4. The molecule has 7 nitrogen and oxygen atoms in total. The molecule has 0 atom stereocenters. The lowest BCUT2D eigenvalue weighted by Gasteiger charge is -2.33. The van der Waals surface area contributed by atoms with Crippen LogP contribution < -0.4 is 4.74 Å². The van der Waals surface area contributed by atoms with E-state index in [9.17, 15) is 13.2 Å². The van der Waals surface area contributed by atoms with E-state index < -0.39 is 10.0 Å². The zero-order valence-corrected chi connectivity index (χ0v) is 15.9. The van der Waals surface area contributed by atoms with Crippen LogP contribution >= 0.6 is 15.9 Å². The Balaban J connectivity index is 1.71. The number of nitrogens with zero attached hydrogens (tertiary/aromatic N) is 2. The Morgan fingerprint density at radius 1 is 1.20 bits per heavy atom. The maximum atomic E-state index is 12.8. The third kappa shape index (κ3) is 3.58.